The molecule has 0 aliphatic carbocycles. The van der Waals surface area contributed by atoms with Crippen molar-refractivity contribution < 1.29 is 29.4 Å². The summed E-state index contributed by atoms with van der Waals surface area (Å²) in [4.78, 5) is 29.5. The lowest BCUT2D eigenvalue weighted by Crippen LogP contribution is -2.44. The maximum Gasteiger partial charge on any atom is 0.361 e. The minimum absolute atomic E-state index is 0.0980. The molecule has 0 saturated heterocycles. The summed E-state index contributed by atoms with van der Waals surface area (Å²) in [6.07, 6.45) is 0. The highest BCUT2D eigenvalue weighted by atomic mass is 16.7. The molecular weight excluding hydrogens is 350 g/mol. The maximum absolute atomic E-state index is 12.9. The second kappa shape index (κ2) is 9.70. The average Bonchev–Trinajstić information content (AvgIpc) is 2.68. The highest BCUT2D eigenvalue weighted by Gasteiger charge is 2.29. The minimum atomic E-state index is -1.35. The molecule has 2 aromatic carbocycles. The van der Waals surface area contributed by atoms with Gasteiger partial charge >= 0.3 is 11.9 Å². The van der Waals surface area contributed by atoms with Crippen LogP contribution in [-0.4, -0.2) is 53.0 Å². The van der Waals surface area contributed by atoms with Crippen LogP contribution < -0.4 is 4.74 Å². The number of rotatable bonds is 9. The van der Waals surface area contributed by atoms with Crippen molar-refractivity contribution in [3.63, 3.8) is 0 Å². The summed E-state index contributed by atoms with van der Waals surface area (Å²) in [6.45, 7) is 3.19. The van der Waals surface area contributed by atoms with Crippen molar-refractivity contribution in [1.29, 1.82) is 0 Å². The fourth-order valence-electron chi connectivity index (χ4n) is 2.67. The molecule has 0 heterocycles. The molecule has 0 aliphatic rings. The largest absolute Gasteiger partial charge is 0.493 e. The Kier molecular flexibility index (Phi) is 7.34. The van der Waals surface area contributed by atoms with Gasteiger partial charge in [-0.3, -0.25) is 4.79 Å². The Morgan fingerprint density at radius 1 is 1.07 bits per heavy atom. The van der Waals surface area contributed by atoms with Crippen LogP contribution in [0, 0.1) is 0 Å². The molecular formula is C20H23NO6. The summed E-state index contributed by atoms with van der Waals surface area (Å²) in [6, 6.07) is 13.1. The highest BCUT2D eigenvalue weighted by molar-refractivity contribution is 6.00. The van der Waals surface area contributed by atoms with Crippen molar-refractivity contribution in [2.75, 3.05) is 19.8 Å². The van der Waals surface area contributed by atoms with Crippen LogP contribution in [0.4, 0.5) is 0 Å². The summed E-state index contributed by atoms with van der Waals surface area (Å²) < 4.78 is 5.58. The van der Waals surface area contributed by atoms with Gasteiger partial charge in [0.1, 0.15) is 11.3 Å². The van der Waals surface area contributed by atoms with E-state index in [1.165, 1.54) is 0 Å². The van der Waals surface area contributed by atoms with Crippen molar-refractivity contribution in [3.05, 3.63) is 54.1 Å². The number of benzene rings is 2. The third kappa shape index (κ3) is 4.84. The number of aliphatic hydroxyl groups is 1. The number of hydrogen-bond donors (Lipinski definition) is 2. The van der Waals surface area contributed by atoms with Gasteiger partial charge < -0.3 is 19.8 Å². The summed E-state index contributed by atoms with van der Waals surface area (Å²) >= 11 is 0. The Labute approximate surface area is 157 Å². The first kappa shape index (κ1) is 20.4. The molecule has 0 bridgehead atoms. The predicted molar refractivity (Wildman–Crippen MR) is 99.4 cm³/mol. The molecule has 0 aromatic heterocycles. The van der Waals surface area contributed by atoms with E-state index in [1.807, 2.05) is 30.3 Å². The van der Waals surface area contributed by atoms with Crippen molar-refractivity contribution in [2.24, 2.45) is 0 Å². The van der Waals surface area contributed by atoms with Gasteiger partial charge in [-0.1, -0.05) is 42.5 Å². The Balaban J connectivity index is 2.45. The van der Waals surface area contributed by atoms with Gasteiger partial charge in [0.25, 0.3) is 0 Å². The quantitative estimate of drug-likeness (QED) is 0.652. The Hall–Kier alpha value is -2.90. The second-order valence-corrected chi connectivity index (χ2v) is 5.63. The van der Waals surface area contributed by atoms with Crippen LogP contribution in [-0.2, 0) is 9.63 Å². The summed E-state index contributed by atoms with van der Waals surface area (Å²) in [7, 11) is 0. The third-order valence-corrected chi connectivity index (χ3v) is 3.93. The van der Waals surface area contributed by atoms with Gasteiger partial charge in [0.15, 0.2) is 6.04 Å². The van der Waals surface area contributed by atoms with E-state index >= 15 is 0 Å². The number of hydroxylamine groups is 2. The van der Waals surface area contributed by atoms with Crippen LogP contribution in [0.2, 0.25) is 0 Å². The molecule has 0 amide bonds. The van der Waals surface area contributed by atoms with Gasteiger partial charge in [-0.2, -0.15) is 0 Å². The number of carbonyl (C=O) groups is 2. The van der Waals surface area contributed by atoms with E-state index in [9.17, 15) is 19.8 Å². The topological polar surface area (TPSA) is 96.3 Å². The molecule has 7 heteroatoms. The standard InChI is InChI=1S/C20H23NO6/c1-3-21(16(13-22)19(23)24)27-20(25)18-15(14-9-6-5-7-10-14)11-8-12-17(18)26-4-2/h5-12,16,22H,3-4,13H2,1-2H3,(H,23,24)/t16-/m0/s1. The normalized spacial score (nSPS) is 11.9. The molecule has 0 spiro atoms. The van der Waals surface area contributed by atoms with E-state index in [0.717, 1.165) is 10.6 Å². The number of hydrogen-bond acceptors (Lipinski definition) is 6. The molecule has 2 aromatic rings. The fourth-order valence-corrected chi connectivity index (χ4v) is 2.67. The van der Waals surface area contributed by atoms with Crippen molar-refractivity contribution in [1.82, 2.24) is 5.06 Å². The van der Waals surface area contributed by atoms with Crippen LogP contribution in [0.1, 0.15) is 24.2 Å². The number of carboxylic acids is 1. The van der Waals surface area contributed by atoms with Crippen molar-refractivity contribution in [3.8, 4) is 16.9 Å². The fraction of sp³-hybridized carbons (Fsp3) is 0.300. The minimum Gasteiger partial charge on any atom is -0.493 e. The Morgan fingerprint density at radius 3 is 2.33 bits per heavy atom. The number of carbonyl (C=O) groups excluding carboxylic acids is 1. The van der Waals surface area contributed by atoms with Gasteiger partial charge in [0.05, 0.1) is 13.2 Å². The Morgan fingerprint density at radius 2 is 1.78 bits per heavy atom. The van der Waals surface area contributed by atoms with Crippen LogP contribution in [0.25, 0.3) is 11.1 Å². The lowest BCUT2D eigenvalue weighted by molar-refractivity contribution is -0.175. The molecule has 0 saturated carbocycles. The first-order valence-electron chi connectivity index (χ1n) is 8.67. The predicted octanol–water partition coefficient (Wildman–Crippen LogP) is 2.59. The van der Waals surface area contributed by atoms with E-state index in [1.54, 1.807) is 32.0 Å². The number of carboxylic acid groups (broad SMARTS) is 1. The SMILES string of the molecule is CCOc1cccc(-c2ccccc2)c1C(=O)ON(CC)[C@@H](CO)C(=O)O. The number of likely N-dealkylation sites (N-methyl/N-ethyl adjacent to an activating group) is 1. The Bertz CT molecular complexity index is 777. The van der Waals surface area contributed by atoms with Crippen molar-refractivity contribution >= 4 is 11.9 Å². The number of aliphatic carboxylic acids is 1. The number of nitrogens with zero attached hydrogens (tertiary/aromatic N) is 1. The van der Waals surface area contributed by atoms with Gasteiger partial charge in [-0.25, -0.2) is 4.79 Å². The van der Waals surface area contributed by atoms with Crippen LogP contribution in [0.15, 0.2) is 48.5 Å². The van der Waals surface area contributed by atoms with Crippen LogP contribution >= 0.6 is 0 Å². The molecule has 0 fully saturated rings. The lowest BCUT2D eigenvalue weighted by atomic mass is 9.99. The number of aliphatic hydroxyl groups excluding tert-OH is 1. The molecule has 0 unspecified atom stereocenters. The highest BCUT2D eigenvalue weighted by Crippen LogP contribution is 2.32. The van der Waals surface area contributed by atoms with Gasteiger partial charge in [0, 0.05) is 12.1 Å². The molecule has 0 radical (unpaired) electrons. The summed E-state index contributed by atoms with van der Waals surface area (Å²) in [5.74, 6) is -1.69. The van der Waals surface area contributed by atoms with Gasteiger partial charge in [-0.15, -0.1) is 5.06 Å². The van der Waals surface area contributed by atoms with E-state index in [4.69, 9.17) is 9.57 Å². The first-order chi connectivity index (χ1) is 13.0. The van der Waals surface area contributed by atoms with E-state index in [-0.39, 0.29) is 12.1 Å². The third-order valence-electron chi connectivity index (χ3n) is 3.93. The molecule has 7 nitrogen and oxygen atoms in total. The monoisotopic (exact) mass is 373 g/mol. The van der Waals surface area contributed by atoms with Crippen molar-refractivity contribution in [2.45, 2.75) is 19.9 Å². The maximum atomic E-state index is 12.9. The molecule has 27 heavy (non-hydrogen) atoms. The lowest BCUT2D eigenvalue weighted by Gasteiger charge is -2.25. The van der Waals surface area contributed by atoms with Crippen LogP contribution in [0.5, 0.6) is 5.75 Å². The summed E-state index contributed by atoms with van der Waals surface area (Å²) in [5, 5.41) is 19.5. The van der Waals surface area contributed by atoms with Gasteiger partial charge in [0.2, 0.25) is 0 Å². The zero-order chi connectivity index (χ0) is 19.8. The van der Waals surface area contributed by atoms with Gasteiger partial charge in [-0.05, 0) is 25.5 Å². The second-order valence-electron chi connectivity index (χ2n) is 5.63. The molecule has 2 N–H and O–H groups in total. The molecule has 0 aliphatic heterocycles. The van der Waals surface area contributed by atoms with E-state index < -0.39 is 24.6 Å². The van der Waals surface area contributed by atoms with E-state index in [2.05, 4.69) is 0 Å². The zero-order valence-electron chi connectivity index (χ0n) is 15.3. The zero-order valence-corrected chi connectivity index (χ0v) is 15.3. The van der Waals surface area contributed by atoms with Crippen LogP contribution in [0.3, 0.4) is 0 Å². The smallest absolute Gasteiger partial charge is 0.361 e. The first-order valence-corrected chi connectivity index (χ1v) is 8.67. The molecule has 2 rings (SSSR count). The molecule has 144 valence electrons. The summed E-state index contributed by atoms with van der Waals surface area (Å²) in [5.41, 5.74) is 1.61. The van der Waals surface area contributed by atoms with E-state index in [0.29, 0.717) is 17.9 Å². The molecule has 1 atom stereocenters. The number of ether oxygens (including phenoxy) is 1. The average molecular weight is 373 g/mol.